The molecule has 2 aromatic rings. The van der Waals surface area contributed by atoms with Gasteiger partial charge in [0.2, 0.25) is 5.91 Å². The van der Waals surface area contributed by atoms with Gasteiger partial charge in [-0.25, -0.2) is 18.6 Å². The first-order chi connectivity index (χ1) is 29.4. The Morgan fingerprint density at radius 2 is 1.32 bits per heavy atom. The van der Waals surface area contributed by atoms with Crippen molar-refractivity contribution in [2.75, 3.05) is 26.9 Å². The molecule has 23 nitrogen and oxygen atoms in total. The quantitative estimate of drug-likeness (QED) is 0.0783. The van der Waals surface area contributed by atoms with Crippen LogP contribution in [0.5, 0.6) is 0 Å². The molecule has 2 aliphatic rings. The molecule has 0 bridgehead atoms. The molecule has 62 heavy (non-hydrogen) atoms. The normalized spacial score (nSPS) is 25.8. The fraction of sp³-hybridized carbons (Fsp3) is 0.500. The molecule has 0 aliphatic carbocycles. The lowest BCUT2D eigenvalue weighted by atomic mass is 9.94. The van der Waals surface area contributed by atoms with E-state index in [9.17, 15) is 46.5 Å². The van der Waals surface area contributed by atoms with Crippen molar-refractivity contribution in [1.29, 1.82) is 0 Å². The van der Waals surface area contributed by atoms with Gasteiger partial charge in [0, 0.05) is 34.2 Å². The average molecular weight is 899 g/mol. The van der Waals surface area contributed by atoms with E-state index in [1.807, 2.05) is 0 Å². The monoisotopic (exact) mass is 898 g/mol. The summed E-state index contributed by atoms with van der Waals surface area (Å²) in [6, 6.07) is 14.5. The molecule has 3 N–H and O–H groups in total. The van der Waals surface area contributed by atoms with Crippen LogP contribution in [-0.2, 0) is 92.5 Å². The number of carbonyl (C=O) groups is 7. The van der Waals surface area contributed by atoms with Gasteiger partial charge in [-0.15, -0.1) is 0 Å². The summed E-state index contributed by atoms with van der Waals surface area (Å²) in [6.45, 7) is 2.15. The minimum absolute atomic E-state index is 0.0445. The third-order valence-electron chi connectivity index (χ3n) is 8.64. The highest BCUT2D eigenvalue weighted by molar-refractivity contribution is 7.80. The molecule has 0 radical (unpaired) electrons. The highest BCUT2D eigenvalue weighted by atomic mass is 32.3. The summed E-state index contributed by atoms with van der Waals surface area (Å²) in [5, 5.41) is 5.00. The Bertz CT molecular complexity index is 1990. The van der Waals surface area contributed by atoms with Crippen molar-refractivity contribution in [2.45, 2.75) is 95.7 Å². The van der Waals surface area contributed by atoms with Crippen LogP contribution in [0.3, 0.4) is 0 Å². The third kappa shape index (κ3) is 14.7. The fourth-order valence-electron chi connectivity index (χ4n) is 6.24. The minimum atomic E-state index is -5.21. The van der Waals surface area contributed by atoms with Crippen LogP contribution < -0.4 is 10.6 Å². The Balaban J connectivity index is 1.78. The van der Waals surface area contributed by atoms with Crippen LogP contribution in [0.2, 0.25) is 0 Å². The van der Waals surface area contributed by atoms with E-state index in [1.54, 1.807) is 36.4 Å². The SMILES string of the molecule is COC(=O)[C@H]1O[C@@H](O[C@@H]2[C@@H](NC(C)=O)[C@H](OCCNC(=O)OCc3ccccc3)O[C@H](COS(=O)(=O)O)[C@@H]2OC(=O)c2ccccc2)[C@H](OC(C)=O)[C@@H](OC(C)=O)[C@@H]1OC(C)=O. The summed E-state index contributed by atoms with van der Waals surface area (Å²) in [5.41, 5.74) is 0.660. The number of alkyl carbamates (subject to hydrolysis) is 1. The topological polar surface area (TPSA) is 299 Å². The lowest BCUT2D eigenvalue weighted by Crippen LogP contribution is -2.69. The van der Waals surface area contributed by atoms with Crippen LogP contribution in [0.15, 0.2) is 60.7 Å². The van der Waals surface area contributed by atoms with E-state index in [2.05, 4.69) is 14.8 Å². The van der Waals surface area contributed by atoms with Gasteiger partial charge in [0.25, 0.3) is 0 Å². The van der Waals surface area contributed by atoms with Gasteiger partial charge >= 0.3 is 46.3 Å². The molecule has 2 amide bonds. The molecule has 2 saturated heterocycles. The zero-order valence-corrected chi connectivity index (χ0v) is 34.7. The molecular formula is C38H46N2O21S. The van der Waals surface area contributed by atoms with E-state index in [-0.39, 0.29) is 18.7 Å². The van der Waals surface area contributed by atoms with Gasteiger partial charge in [0.15, 0.2) is 43.1 Å². The summed E-state index contributed by atoms with van der Waals surface area (Å²) in [5.74, 6) is -6.07. The van der Waals surface area contributed by atoms with Crippen LogP contribution in [0.4, 0.5) is 4.79 Å². The highest BCUT2D eigenvalue weighted by Gasteiger charge is 2.58. The van der Waals surface area contributed by atoms with E-state index < -0.39 is 127 Å². The van der Waals surface area contributed by atoms with E-state index in [0.29, 0.717) is 5.56 Å². The number of nitrogens with one attached hydrogen (secondary N) is 2. The number of benzene rings is 2. The first-order valence-electron chi connectivity index (χ1n) is 18.6. The van der Waals surface area contributed by atoms with E-state index in [4.69, 9.17) is 47.4 Å². The van der Waals surface area contributed by atoms with Gasteiger partial charge in [0.1, 0.15) is 24.9 Å². The van der Waals surface area contributed by atoms with Gasteiger partial charge in [-0.1, -0.05) is 48.5 Å². The van der Waals surface area contributed by atoms with E-state index in [0.717, 1.165) is 34.8 Å². The van der Waals surface area contributed by atoms with Crippen molar-refractivity contribution in [3.05, 3.63) is 71.8 Å². The molecule has 24 heteroatoms. The molecular weight excluding hydrogens is 852 g/mol. The van der Waals surface area contributed by atoms with Crippen molar-refractivity contribution in [2.24, 2.45) is 0 Å². The molecule has 0 spiro atoms. The van der Waals surface area contributed by atoms with Crippen LogP contribution in [-0.4, -0.2) is 143 Å². The Morgan fingerprint density at radius 1 is 0.726 bits per heavy atom. The van der Waals surface area contributed by atoms with Gasteiger partial charge in [-0.05, 0) is 17.7 Å². The number of carbonyl (C=O) groups excluding carboxylic acids is 7. The van der Waals surface area contributed by atoms with Crippen molar-refractivity contribution >= 4 is 52.2 Å². The summed E-state index contributed by atoms with van der Waals surface area (Å²) in [7, 11) is -4.26. The highest BCUT2D eigenvalue weighted by Crippen LogP contribution is 2.35. The molecule has 0 saturated carbocycles. The molecule has 2 aromatic carbocycles. The Kier molecular flexibility index (Phi) is 18.1. The zero-order valence-electron chi connectivity index (χ0n) is 33.9. The van der Waals surface area contributed by atoms with Gasteiger partial charge < -0.3 is 58.0 Å². The van der Waals surface area contributed by atoms with Crippen molar-refractivity contribution in [1.82, 2.24) is 10.6 Å². The average Bonchev–Trinajstić information content (AvgIpc) is 3.21. The summed E-state index contributed by atoms with van der Waals surface area (Å²) in [6.07, 6.45) is -17.7. The number of hydrogen-bond acceptors (Lipinski definition) is 20. The van der Waals surface area contributed by atoms with Gasteiger partial charge in [-0.2, -0.15) is 8.42 Å². The Hall–Kier alpha value is -5.76. The van der Waals surface area contributed by atoms with Crippen molar-refractivity contribution in [3.63, 3.8) is 0 Å². The van der Waals surface area contributed by atoms with Gasteiger partial charge in [0.05, 0.1) is 25.9 Å². The van der Waals surface area contributed by atoms with Crippen LogP contribution >= 0.6 is 0 Å². The van der Waals surface area contributed by atoms with Crippen molar-refractivity contribution < 1.29 is 98.1 Å². The molecule has 2 aliphatic heterocycles. The number of methoxy groups -OCH3 is 1. The number of ether oxygens (including phenoxy) is 10. The molecule has 2 heterocycles. The number of rotatable bonds is 18. The van der Waals surface area contributed by atoms with E-state index >= 15 is 0 Å². The fourth-order valence-corrected chi connectivity index (χ4v) is 6.54. The number of amides is 2. The smallest absolute Gasteiger partial charge is 0.407 e. The maximum absolute atomic E-state index is 13.7. The van der Waals surface area contributed by atoms with Crippen LogP contribution in [0.25, 0.3) is 0 Å². The van der Waals surface area contributed by atoms with E-state index in [1.165, 1.54) is 24.3 Å². The molecule has 340 valence electrons. The predicted molar refractivity (Wildman–Crippen MR) is 202 cm³/mol. The number of esters is 5. The zero-order chi connectivity index (χ0) is 45.6. The second-order valence-electron chi connectivity index (χ2n) is 13.3. The lowest BCUT2D eigenvalue weighted by Gasteiger charge is -2.49. The first-order valence-corrected chi connectivity index (χ1v) is 20.0. The Morgan fingerprint density at radius 3 is 1.90 bits per heavy atom. The minimum Gasteiger partial charge on any atom is -0.467 e. The predicted octanol–water partition coefficient (Wildman–Crippen LogP) is 0.282. The largest absolute Gasteiger partial charge is 0.467 e. The second kappa shape index (κ2) is 22.9. The molecule has 2 fully saturated rings. The molecule has 4 rings (SSSR count). The van der Waals surface area contributed by atoms with Gasteiger partial charge in [-0.3, -0.25) is 23.7 Å². The molecule has 0 unspecified atom stereocenters. The summed E-state index contributed by atoms with van der Waals surface area (Å²) >= 11 is 0. The maximum Gasteiger partial charge on any atom is 0.407 e. The molecule has 10 atom stereocenters. The standard InChI is InChI=1S/C38H46N2O21S/c1-20(41)40-27-29(60-37-33(57-23(4)44)31(56-22(3)43)30(55-21(2)42)32(61-37)35(46)51-5)28(59-34(45)25-14-10-7-11-15-25)26(19-54-62(48,49)50)58-36(27)52-17-16-39-38(47)53-18-24-12-8-6-9-13-24/h6-15,26-33,36-37H,16-19H2,1-5H3,(H,39,47)(H,40,41)(H,48,49,50)/t26-,27-,28+,29-,30+,31+,32+,33-,36-,37-/m1/s1. The van der Waals surface area contributed by atoms with Crippen LogP contribution in [0, 0.1) is 0 Å². The summed E-state index contributed by atoms with van der Waals surface area (Å²) < 4.78 is 94.2. The summed E-state index contributed by atoms with van der Waals surface area (Å²) in [4.78, 5) is 89.4. The van der Waals surface area contributed by atoms with Crippen molar-refractivity contribution in [3.8, 4) is 0 Å². The second-order valence-corrected chi connectivity index (χ2v) is 14.4. The van der Waals surface area contributed by atoms with Crippen LogP contribution in [0.1, 0.15) is 43.6 Å². The third-order valence-corrected chi connectivity index (χ3v) is 9.08. The first kappa shape index (κ1) is 48.9. The maximum atomic E-state index is 13.7. The lowest BCUT2D eigenvalue weighted by molar-refractivity contribution is -0.341. The Labute approximate surface area is 354 Å². The number of hydrogen-bond donors (Lipinski definition) is 3. The molecule has 0 aromatic heterocycles.